The Morgan fingerprint density at radius 1 is 0.927 bits per heavy atom. The Morgan fingerprint density at radius 2 is 1.54 bits per heavy atom. The maximum atomic E-state index is 11.0. The van der Waals surface area contributed by atoms with Crippen LogP contribution in [0.3, 0.4) is 0 Å². The van der Waals surface area contributed by atoms with E-state index in [4.69, 9.17) is 11.6 Å². The third kappa shape index (κ3) is 5.01. The molecule has 5 aromatic rings. The normalized spacial score (nSPS) is 20.7. The summed E-state index contributed by atoms with van der Waals surface area (Å²) in [6.45, 7) is 2.03. The summed E-state index contributed by atoms with van der Waals surface area (Å²) in [7, 11) is 0. The maximum absolute atomic E-state index is 11.0. The number of nitrogens with zero attached hydrogens (tertiary/aromatic N) is 6. The standard InChI is InChI=1S/C28H28ClN7O5/c1-14-22(39)12-36(34-14)21-10-20(24(40)25(21)41)35-13-31-23-26(32-28(29)33-27(23)35)30-11-19(15-2-6-17(37)7-3-15)16-4-8-18(38)9-5-16/h2-9,12-13,19-21,24-25,37-41H,10-11H2,1H3,(H,30,32,33)/t20-,21+,24+,25-/m1/s1. The van der Waals surface area contributed by atoms with Crippen molar-refractivity contribution in [2.24, 2.45) is 0 Å². The molecule has 4 atom stereocenters. The number of aromatic nitrogens is 6. The van der Waals surface area contributed by atoms with Crippen LogP contribution in [0.2, 0.25) is 5.28 Å². The first-order chi connectivity index (χ1) is 19.7. The summed E-state index contributed by atoms with van der Waals surface area (Å²) in [4.78, 5) is 13.3. The Morgan fingerprint density at radius 3 is 2.12 bits per heavy atom. The molecule has 3 heterocycles. The highest BCUT2D eigenvalue weighted by Gasteiger charge is 2.44. The number of benzene rings is 2. The van der Waals surface area contributed by atoms with Crippen LogP contribution in [0.5, 0.6) is 17.2 Å². The van der Waals surface area contributed by atoms with Crippen molar-refractivity contribution in [2.75, 3.05) is 11.9 Å². The van der Waals surface area contributed by atoms with Crippen LogP contribution in [0, 0.1) is 6.92 Å². The first-order valence-corrected chi connectivity index (χ1v) is 13.4. The summed E-state index contributed by atoms with van der Waals surface area (Å²) < 4.78 is 3.15. The molecular formula is C28H28ClN7O5. The van der Waals surface area contributed by atoms with Gasteiger partial charge in [0, 0.05) is 12.5 Å². The van der Waals surface area contributed by atoms with Crippen LogP contribution >= 0.6 is 11.6 Å². The molecule has 6 N–H and O–H groups in total. The Labute approximate surface area is 239 Å². The van der Waals surface area contributed by atoms with Crippen molar-refractivity contribution in [3.8, 4) is 17.2 Å². The second-order valence-corrected chi connectivity index (χ2v) is 10.6. The molecule has 41 heavy (non-hydrogen) atoms. The van der Waals surface area contributed by atoms with Crippen molar-refractivity contribution in [1.29, 1.82) is 0 Å². The van der Waals surface area contributed by atoms with Gasteiger partial charge in [-0.2, -0.15) is 15.1 Å². The lowest BCUT2D eigenvalue weighted by Gasteiger charge is -2.20. The van der Waals surface area contributed by atoms with Gasteiger partial charge < -0.3 is 35.4 Å². The van der Waals surface area contributed by atoms with Crippen molar-refractivity contribution >= 4 is 28.6 Å². The highest BCUT2D eigenvalue weighted by atomic mass is 35.5. The van der Waals surface area contributed by atoms with Gasteiger partial charge in [0.05, 0.1) is 24.6 Å². The quantitative estimate of drug-likeness (QED) is 0.157. The van der Waals surface area contributed by atoms with Crippen molar-refractivity contribution in [2.45, 2.75) is 43.6 Å². The number of phenols is 2. The molecule has 0 radical (unpaired) electrons. The van der Waals surface area contributed by atoms with Crippen LogP contribution in [-0.4, -0.2) is 73.6 Å². The van der Waals surface area contributed by atoms with Gasteiger partial charge in [-0.15, -0.1) is 0 Å². The number of fused-ring (bicyclic) bond motifs is 1. The van der Waals surface area contributed by atoms with Gasteiger partial charge in [0.15, 0.2) is 22.7 Å². The van der Waals surface area contributed by atoms with E-state index in [0.717, 1.165) is 11.1 Å². The zero-order valence-electron chi connectivity index (χ0n) is 21.9. The first kappa shape index (κ1) is 26.8. The molecule has 0 spiro atoms. The summed E-state index contributed by atoms with van der Waals surface area (Å²) in [5.41, 5.74) is 3.10. The minimum Gasteiger partial charge on any atom is -0.508 e. The summed E-state index contributed by atoms with van der Waals surface area (Å²) in [5.74, 6) is 0.530. The molecular weight excluding hydrogens is 550 g/mol. The second kappa shape index (κ2) is 10.5. The molecule has 2 aromatic carbocycles. The topological polar surface area (TPSA) is 175 Å². The number of hydrogen-bond donors (Lipinski definition) is 6. The molecule has 0 saturated heterocycles. The Bertz CT molecular complexity index is 1620. The Balaban J connectivity index is 1.30. The largest absolute Gasteiger partial charge is 0.508 e. The van der Waals surface area contributed by atoms with Crippen molar-refractivity contribution < 1.29 is 25.5 Å². The molecule has 0 unspecified atom stereocenters. The zero-order valence-corrected chi connectivity index (χ0v) is 22.6. The number of rotatable bonds is 7. The molecule has 12 nitrogen and oxygen atoms in total. The number of hydrogen-bond acceptors (Lipinski definition) is 10. The van der Waals surface area contributed by atoms with Crippen LogP contribution in [0.4, 0.5) is 5.82 Å². The summed E-state index contributed by atoms with van der Waals surface area (Å²) in [6.07, 6.45) is 0.990. The fraction of sp³-hybridized carbons (Fsp3) is 0.286. The molecule has 0 amide bonds. The number of nitrogens with one attached hydrogen (secondary N) is 1. The molecule has 0 bridgehead atoms. The molecule has 13 heteroatoms. The van der Waals surface area contributed by atoms with Gasteiger partial charge in [-0.25, -0.2) is 4.98 Å². The van der Waals surface area contributed by atoms with Gasteiger partial charge in [-0.1, -0.05) is 24.3 Å². The lowest BCUT2D eigenvalue weighted by atomic mass is 9.91. The zero-order chi connectivity index (χ0) is 28.8. The van der Waals surface area contributed by atoms with Gasteiger partial charge >= 0.3 is 0 Å². The van der Waals surface area contributed by atoms with E-state index in [1.807, 2.05) is 24.3 Å². The molecule has 212 valence electrons. The van der Waals surface area contributed by atoms with Crippen molar-refractivity contribution in [3.63, 3.8) is 0 Å². The van der Waals surface area contributed by atoms with Crippen LogP contribution in [-0.2, 0) is 0 Å². The van der Waals surface area contributed by atoms with Gasteiger partial charge in [0.2, 0.25) is 5.28 Å². The van der Waals surface area contributed by atoms with E-state index in [-0.39, 0.29) is 28.5 Å². The number of imidazole rings is 1. The van der Waals surface area contributed by atoms with E-state index >= 15 is 0 Å². The lowest BCUT2D eigenvalue weighted by molar-refractivity contribution is 0.00716. The fourth-order valence-corrected chi connectivity index (χ4v) is 5.63. The van der Waals surface area contributed by atoms with Gasteiger partial charge in [-0.05, 0) is 60.3 Å². The van der Waals surface area contributed by atoms with Crippen LogP contribution in [0.1, 0.15) is 41.2 Å². The Hall–Kier alpha value is -4.39. The monoisotopic (exact) mass is 577 g/mol. The number of aliphatic hydroxyl groups excluding tert-OH is 2. The third-order valence-corrected chi connectivity index (χ3v) is 7.84. The van der Waals surface area contributed by atoms with E-state index in [1.165, 1.54) is 17.2 Å². The molecule has 3 aromatic heterocycles. The van der Waals surface area contributed by atoms with E-state index in [9.17, 15) is 25.5 Å². The smallest absolute Gasteiger partial charge is 0.226 e. The lowest BCUT2D eigenvalue weighted by Crippen LogP contribution is -2.30. The molecule has 1 aliphatic carbocycles. The van der Waals surface area contributed by atoms with E-state index < -0.39 is 24.3 Å². The maximum Gasteiger partial charge on any atom is 0.226 e. The van der Waals surface area contributed by atoms with Crippen LogP contribution in [0.15, 0.2) is 61.1 Å². The molecule has 1 saturated carbocycles. The molecule has 1 aliphatic rings. The number of aromatic hydroxyl groups is 3. The molecule has 1 fully saturated rings. The van der Waals surface area contributed by atoms with E-state index in [2.05, 4.69) is 25.4 Å². The fourth-order valence-electron chi connectivity index (χ4n) is 5.46. The highest BCUT2D eigenvalue weighted by molar-refractivity contribution is 6.28. The van der Waals surface area contributed by atoms with Gasteiger partial charge in [0.1, 0.15) is 29.4 Å². The average molecular weight is 578 g/mol. The molecule has 0 aliphatic heterocycles. The minimum absolute atomic E-state index is 0.0105. The number of phenolic OH excluding ortho intramolecular Hbond substituents is 2. The van der Waals surface area contributed by atoms with Gasteiger partial charge in [0.25, 0.3) is 0 Å². The molecule has 6 rings (SSSR count). The van der Waals surface area contributed by atoms with Crippen molar-refractivity contribution in [1.82, 2.24) is 29.3 Å². The SMILES string of the molecule is Cc1nn([C@H]2C[C@@H](n3cnc4c(NCC(c5ccc(O)cc5)c5ccc(O)cc5)nc(Cl)nc43)[C@H](O)[C@@H]2O)cc1O. The van der Waals surface area contributed by atoms with Gasteiger partial charge in [-0.3, -0.25) is 4.68 Å². The summed E-state index contributed by atoms with van der Waals surface area (Å²) >= 11 is 6.34. The summed E-state index contributed by atoms with van der Waals surface area (Å²) in [5, 5.41) is 58.9. The number of halogens is 1. The van der Waals surface area contributed by atoms with Crippen molar-refractivity contribution in [3.05, 3.63) is 83.2 Å². The van der Waals surface area contributed by atoms with Crippen LogP contribution in [0.25, 0.3) is 11.2 Å². The van der Waals surface area contributed by atoms with Crippen LogP contribution < -0.4 is 5.32 Å². The number of aryl methyl sites for hydroxylation is 1. The Kier molecular flexibility index (Phi) is 6.89. The predicted octanol–water partition coefficient (Wildman–Crippen LogP) is 3.25. The summed E-state index contributed by atoms with van der Waals surface area (Å²) in [6, 6.07) is 12.6. The first-order valence-electron chi connectivity index (χ1n) is 13.0. The highest BCUT2D eigenvalue weighted by Crippen LogP contribution is 2.40. The minimum atomic E-state index is -1.15. The van der Waals surface area contributed by atoms with E-state index in [0.29, 0.717) is 35.6 Å². The predicted molar refractivity (Wildman–Crippen MR) is 150 cm³/mol. The number of aliphatic hydroxyl groups is 2. The van der Waals surface area contributed by atoms with E-state index in [1.54, 1.807) is 35.8 Å². The second-order valence-electron chi connectivity index (χ2n) is 10.2. The third-order valence-electron chi connectivity index (χ3n) is 7.67. The average Bonchev–Trinajstić information content (AvgIpc) is 3.61. The number of anilines is 1.